The normalized spacial score (nSPS) is 22.2. The van der Waals surface area contributed by atoms with Crippen LogP contribution in [0.15, 0.2) is 0 Å². The molecule has 4 atom stereocenters. The molecular formula is C26H52Cl2MnN5O8-5. The van der Waals surface area contributed by atoms with E-state index in [1.165, 1.54) is 0 Å². The van der Waals surface area contributed by atoms with Gasteiger partial charge in [0.2, 0.25) is 0 Å². The standard InChI is InChI=1S/C26H44N5O8.2ClH.Mn.4H2/c1-5-23(32)36-15-19-11-27-9-10-28-20(16-37-24(33)6-2)12-30-22(18-39-26(35)8-4)14-31-21(13-29-19)17-38-25(34)7-3;;;;;;;/h19-22H,5-18H2,1-4H3;2*1H;;4*1H/q-5;;;+2;;;;/p-2/t19-,20+,21+,22-;;;;;;;/m0......./s1. The van der Waals surface area contributed by atoms with E-state index in [1.54, 1.807) is 27.7 Å². The molecule has 16 heteroatoms. The fourth-order valence-electron chi connectivity index (χ4n) is 3.18. The number of halogens is 2. The summed E-state index contributed by atoms with van der Waals surface area (Å²) in [5.74, 6) is -1.36. The first-order valence-corrected chi connectivity index (χ1v) is 17.3. The van der Waals surface area contributed by atoms with Crippen LogP contribution in [0.3, 0.4) is 0 Å². The van der Waals surface area contributed by atoms with Crippen LogP contribution in [0.2, 0.25) is 0 Å². The van der Waals surface area contributed by atoms with Crippen molar-refractivity contribution in [2.45, 2.75) is 77.5 Å². The Balaban J connectivity index is -0.000000768. The average Bonchev–Trinajstić information content (AvgIpc) is 3.00. The molecule has 1 saturated heterocycles. The van der Waals surface area contributed by atoms with Gasteiger partial charge in [0.15, 0.2) is 0 Å². The number of esters is 4. The van der Waals surface area contributed by atoms with Crippen molar-refractivity contribution < 1.29 is 57.0 Å². The van der Waals surface area contributed by atoms with E-state index in [4.69, 9.17) is 39.1 Å². The number of nitrogens with zero attached hydrogens (tertiary/aromatic N) is 5. The van der Waals surface area contributed by atoms with Crippen molar-refractivity contribution >= 4 is 44.1 Å². The van der Waals surface area contributed by atoms with Crippen molar-refractivity contribution in [1.29, 1.82) is 0 Å². The summed E-state index contributed by atoms with van der Waals surface area (Å²) in [5.41, 5.74) is 0. The van der Waals surface area contributed by atoms with Crippen LogP contribution in [0, 0.1) is 0 Å². The van der Waals surface area contributed by atoms with Crippen LogP contribution < -0.4 is 0 Å². The summed E-state index contributed by atoms with van der Waals surface area (Å²) in [4.78, 5) is 47.0. The van der Waals surface area contributed by atoms with Crippen molar-refractivity contribution in [3.63, 3.8) is 0 Å². The van der Waals surface area contributed by atoms with E-state index < -0.39 is 24.2 Å². The van der Waals surface area contributed by atoms with Crippen molar-refractivity contribution in [2.75, 3.05) is 65.7 Å². The number of rotatable bonds is 12. The largest absolute Gasteiger partial charge is 0 e. The molecule has 1 fully saturated rings. The number of hydrogen-bond acceptors (Lipinski definition) is 8. The van der Waals surface area contributed by atoms with Crippen molar-refractivity contribution in [2.24, 2.45) is 0 Å². The summed E-state index contributed by atoms with van der Waals surface area (Å²) in [6.07, 6.45) is 0.976. The zero-order chi connectivity index (χ0) is 31.6. The first-order valence-electron chi connectivity index (χ1n) is 14.0. The van der Waals surface area contributed by atoms with Gasteiger partial charge in [-0.1, -0.05) is 27.7 Å². The molecule has 0 aromatic carbocycles. The van der Waals surface area contributed by atoms with Crippen LogP contribution in [0.1, 0.15) is 59.1 Å². The maximum absolute atomic E-state index is 11.8. The van der Waals surface area contributed by atoms with Crippen LogP contribution in [0.25, 0.3) is 26.6 Å². The maximum atomic E-state index is 11.8. The Morgan fingerprint density at radius 1 is 0.571 bits per heavy atom. The molecule has 1 aliphatic heterocycles. The minimum atomic E-state index is -0.472. The molecular weight excluding hydrogens is 636 g/mol. The molecule has 13 nitrogen and oxygen atoms in total. The van der Waals surface area contributed by atoms with Gasteiger partial charge in [0, 0.05) is 31.4 Å². The minimum absolute atomic E-state index is 0. The fourth-order valence-corrected chi connectivity index (χ4v) is 3.18. The van der Waals surface area contributed by atoms with E-state index in [9.17, 15) is 19.2 Å². The van der Waals surface area contributed by atoms with Crippen LogP contribution in [0.4, 0.5) is 0 Å². The third-order valence-corrected chi connectivity index (χ3v) is 5.61. The third kappa shape index (κ3) is 22.3. The molecule has 0 saturated carbocycles. The molecule has 0 radical (unpaired) electrons. The Labute approximate surface area is 270 Å². The van der Waals surface area contributed by atoms with Gasteiger partial charge < -0.3 is 45.5 Å². The molecule has 0 bridgehead atoms. The Kier molecular flexibility index (Phi) is 26.5. The number of hydrogen-bond donors (Lipinski definition) is 0. The topological polar surface area (TPSA) is 176 Å². The van der Waals surface area contributed by atoms with Crippen LogP contribution >= 0.6 is 20.2 Å². The fraction of sp³-hybridized carbons (Fsp3) is 0.846. The van der Waals surface area contributed by atoms with Crippen molar-refractivity contribution in [1.82, 2.24) is 0 Å². The van der Waals surface area contributed by atoms with Gasteiger partial charge in [0.25, 0.3) is 0 Å². The van der Waals surface area contributed by atoms with E-state index in [-0.39, 0.29) is 114 Å². The van der Waals surface area contributed by atoms with Gasteiger partial charge in [0.1, 0.15) is 0 Å². The zero-order valence-electron chi connectivity index (χ0n) is 24.8. The predicted octanol–water partition coefficient (Wildman–Crippen LogP) is 5.52. The molecule has 0 amide bonds. The van der Waals surface area contributed by atoms with E-state index in [2.05, 4.69) is 26.6 Å². The maximum Gasteiger partial charge on any atom is 0 e. The molecule has 1 rings (SSSR count). The monoisotopic (exact) mass is 687 g/mol. The van der Waals surface area contributed by atoms with Crippen molar-refractivity contribution in [3.05, 3.63) is 26.6 Å². The molecule has 0 aromatic rings. The van der Waals surface area contributed by atoms with Crippen molar-refractivity contribution in [3.8, 4) is 0 Å². The summed E-state index contributed by atoms with van der Waals surface area (Å²) >= 11 is 0.00694. The summed E-state index contributed by atoms with van der Waals surface area (Å²) in [6.45, 7) is 8.84. The van der Waals surface area contributed by atoms with Gasteiger partial charge in [-0.15, -0.1) is 24.2 Å². The van der Waals surface area contributed by atoms with E-state index in [0.717, 1.165) is 0 Å². The molecule has 42 heavy (non-hydrogen) atoms. The van der Waals surface area contributed by atoms with Crippen LogP contribution in [0.5, 0.6) is 0 Å². The summed E-state index contributed by atoms with van der Waals surface area (Å²) in [6, 6.07) is -1.73. The number of ether oxygens (including phenoxy) is 4. The third-order valence-electron chi connectivity index (χ3n) is 5.61. The molecule has 0 aliphatic carbocycles. The Morgan fingerprint density at radius 2 is 0.857 bits per heavy atom. The number of carbonyl (C=O) groups excluding carboxylic acids is 4. The van der Waals surface area contributed by atoms with Crippen LogP contribution in [-0.2, 0) is 51.3 Å². The Bertz CT molecular complexity index is 721. The first-order chi connectivity index (χ1) is 20.2. The molecule has 255 valence electrons. The van der Waals surface area contributed by atoms with Gasteiger partial charge in [-0.05, 0) is 0 Å². The predicted molar refractivity (Wildman–Crippen MR) is 166 cm³/mol. The van der Waals surface area contributed by atoms with Gasteiger partial charge in [0.05, 0.1) is 26.4 Å². The van der Waals surface area contributed by atoms with E-state index in [1.807, 2.05) is 0 Å². The first kappa shape index (κ1) is 40.8. The Hall–Kier alpha value is -1.22. The summed E-state index contributed by atoms with van der Waals surface area (Å²) in [7, 11) is 9.59. The molecule has 1 aliphatic rings. The SMILES string of the molecule is CCC(=O)OC[C@H]1C[N-][C@H](COC(=O)CC)C[N-][C@@H](COC(=O)CC)C[N-][C@H](COC(=O)CC)C[N-]CC[N-]1.[Cl][Mn][Cl].[HH].[HH].[HH].[HH]. The Morgan fingerprint density at radius 3 is 1.17 bits per heavy atom. The number of carbonyl (C=O) groups is 4. The van der Waals surface area contributed by atoms with E-state index >= 15 is 0 Å². The molecule has 0 N–H and O–H groups in total. The molecule has 0 spiro atoms. The summed E-state index contributed by atoms with van der Waals surface area (Å²) < 4.78 is 21.2. The molecule has 0 aromatic heterocycles. The van der Waals surface area contributed by atoms with E-state index in [0.29, 0.717) is 19.6 Å². The molecule has 1 heterocycles. The second-order valence-electron chi connectivity index (χ2n) is 8.95. The summed E-state index contributed by atoms with van der Waals surface area (Å²) in [5, 5.41) is 23.1. The second-order valence-corrected chi connectivity index (χ2v) is 10.9. The smallest absolute Gasteiger partial charge is 0 e. The molecule has 0 unspecified atom stereocenters. The van der Waals surface area contributed by atoms with Crippen LogP contribution in [-0.4, -0.2) is 114 Å². The van der Waals surface area contributed by atoms with Gasteiger partial charge >= 0.3 is 57.2 Å². The van der Waals surface area contributed by atoms with Gasteiger partial charge in [-0.3, -0.25) is 19.2 Å². The quantitative estimate of drug-likeness (QED) is 0.146. The van der Waals surface area contributed by atoms with Gasteiger partial charge in [-0.25, -0.2) is 0 Å². The minimum Gasteiger partial charge on any atom is 0 e. The zero-order valence-corrected chi connectivity index (χ0v) is 27.5. The second kappa shape index (κ2) is 27.3. The average molecular weight is 689 g/mol. The van der Waals surface area contributed by atoms with Gasteiger partial charge in [-0.2, -0.15) is 39.3 Å².